The number of hydrogen-bond donors (Lipinski definition) is 2. The molecule has 0 aliphatic heterocycles. The van der Waals surface area contributed by atoms with Crippen LogP contribution in [-0.4, -0.2) is 23.0 Å². The summed E-state index contributed by atoms with van der Waals surface area (Å²) >= 11 is 1.24. The second kappa shape index (κ2) is 6.84. The van der Waals surface area contributed by atoms with Gasteiger partial charge in [-0.2, -0.15) is 0 Å². The maximum atomic E-state index is 13.9. The summed E-state index contributed by atoms with van der Waals surface area (Å²) < 4.78 is 13.9. The van der Waals surface area contributed by atoms with Crippen molar-refractivity contribution in [3.05, 3.63) is 41.2 Å². The fourth-order valence-electron chi connectivity index (χ4n) is 4.39. The zero-order valence-corrected chi connectivity index (χ0v) is 14.8. The van der Waals surface area contributed by atoms with E-state index in [4.69, 9.17) is 5.73 Å². The Kier molecular flexibility index (Phi) is 4.56. The van der Waals surface area contributed by atoms with E-state index < -0.39 is 0 Å². The third kappa shape index (κ3) is 3.33. The van der Waals surface area contributed by atoms with Gasteiger partial charge >= 0.3 is 0 Å². The lowest BCUT2D eigenvalue weighted by molar-refractivity contribution is 0.0759. The number of aromatic nitrogens is 1. The van der Waals surface area contributed by atoms with Crippen LogP contribution in [0.4, 0.5) is 4.39 Å². The van der Waals surface area contributed by atoms with Crippen molar-refractivity contribution < 1.29 is 9.18 Å². The van der Waals surface area contributed by atoms with Crippen LogP contribution < -0.4 is 11.1 Å². The van der Waals surface area contributed by atoms with Crippen molar-refractivity contribution in [3.63, 3.8) is 0 Å². The number of hydrogen-bond acceptors (Lipinski definition) is 4. The Labute approximate surface area is 150 Å². The number of nitrogens with one attached hydrogen (secondary N) is 1. The number of nitrogens with zero attached hydrogens (tertiary/aromatic N) is 1. The fraction of sp³-hybridized carbons (Fsp3) is 0.474. The number of benzene rings is 1. The molecular formula is C19H22FN3OS. The lowest BCUT2D eigenvalue weighted by Crippen LogP contribution is -2.53. The van der Waals surface area contributed by atoms with E-state index in [0.717, 1.165) is 25.7 Å². The van der Waals surface area contributed by atoms with E-state index in [0.29, 0.717) is 27.3 Å². The summed E-state index contributed by atoms with van der Waals surface area (Å²) in [6, 6.07) is 6.98. The SMILES string of the molecule is NC1CC2CCCC(C1)C2NC(=O)c1cnc(-c2ccccc2F)s1. The van der Waals surface area contributed by atoms with Crippen molar-refractivity contribution in [2.24, 2.45) is 17.6 Å². The zero-order chi connectivity index (χ0) is 17.4. The average molecular weight is 359 g/mol. The molecule has 1 aromatic heterocycles. The van der Waals surface area contributed by atoms with Crippen LogP contribution in [0.25, 0.3) is 10.6 Å². The molecule has 0 spiro atoms. The van der Waals surface area contributed by atoms with E-state index in [1.165, 1.54) is 23.8 Å². The third-order valence-electron chi connectivity index (χ3n) is 5.51. The first-order valence-electron chi connectivity index (χ1n) is 8.89. The molecule has 2 unspecified atom stereocenters. The second-order valence-electron chi connectivity index (χ2n) is 7.19. The molecule has 25 heavy (non-hydrogen) atoms. The summed E-state index contributed by atoms with van der Waals surface area (Å²) in [5.74, 6) is 0.535. The average Bonchev–Trinajstić information content (AvgIpc) is 3.06. The molecule has 3 N–H and O–H groups in total. The molecule has 2 aromatic rings. The number of thiazole rings is 1. The van der Waals surface area contributed by atoms with Gasteiger partial charge in [0, 0.05) is 17.6 Å². The number of rotatable bonds is 3. The van der Waals surface area contributed by atoms with Gasteiger partial charge in [-0.1, -0.05) is 18.6 Å². The maximum Gasteiger partial charge on any atom is 0.263 e. The highest BCUT2D eigenvalue weighted by molar-refractivity contribution is 7.16. The predicted molar refractivity (Wildman–Crippen MR) is 96.8 cm³/mol. The summed E-state index contributed by atoms with van der Waals surface area (Å²) in [4.78, 5) is 17.5. The van der Waals surface area contributed by atoms with E-state index in [1.807, 2.05) is 0 Å². The highest BCUT2D eigenvalue weighted by Gasteiger charge is 2.40. The third-order valence-corrected chi connectivity index (χ3v) is 6.54. The van der Waals surface area contributed by atoms with E-state index in [2.05, 4.69) is 10.3 Å². The van der Waals surface area contributed by atoms with Gasteiger partial charge in [0.2, 0.25) is 0 Å². The highest BCUT2D eigenvalue weighted by Crippen LogP contribution is 2.40. The first kappa shape index (κ1) is 16.7. The standard InChI is InChI=1S/C19H22FN3OS/c20-15-7-2-1-6-14(15)19-22-10-16(25-19)18(24)23-17-11-4-3-5-12(17)9-13(21)8-11/h1-2,6-7,10-13,17H,3-5,8-9,21H2,(H,23,24). The first-order valence-corrected chi connectivity index (χ1v) is 9.70. The van der Waals surface area contributed by atoms with Gasteiger partial charge in [0.25, 0.3) is 5.91 Å². The summed E-state index contributed by atoms with van der Waals surface area (Å²) in [6.07, 6.45) is 7.03. The van der Waals surface area contributed by atoms with Gasteiger partial charge < -0.3 is 11.1 Å². The number of carbonyl (C=O) groups excluding carboxylic acids is 1. The Morgan fingerprint density at radius 1 is 1.24 bits per heavy atom. The molecule has 132 valence electrons. The Balaban J connectivity index is 1.50. The molecule has 1 amide bonds. The Bertz CT molecular complexity index is 764. The van der Waals surface area contributed by atoms with Crippen LogP contribution in [0.15, 0.2) is 30.5 Å². The van der Waals surface area contributed by atoms with Gasteiger partial charge in [0.05, 0.1) is 6.20 Å². The summed E-state index contributed by atoms with van der Waals surface area (Å²) in [6.45, 7) is 0. The van der Waals surface area contributed by atoms with Gasteiger partial charge in [0.15, 0.2) is 0 Å². The molecule has 6 heteroatoms. The van der Waals surface area contributed by atoms with Crippen LogP contribution in [0.3, 0.4) is 0 Å². The summed E-state index contributed by atoms with van der Waals surface area (Å²) in [5.41, 5.74) is 6.59. The van der Waals surface area contributed by atoms with Crippen molar-refractivity contribution >= 4 is 17.2 Å². The fourth-order valence-corrected chi connectivity index (χ4v) is 5.23. The van der Waals surface area contributed by atoms with E-state index in [-0.39, 0.29) is 23.8 Å². The number of halogens is 1. The van der Waals surface area contributed by atoms with E-state index in [1.54, 1.807) is 24.4 Å². The first-order chi connectivity index (χ1) is 12.1. The Morgan fingerprint density at radius 3 is 2.68 bits per heavy atom. The van der Waals surface area contributed by atoms with Crippen LogP contribution in [0.2, 0.25) is 0 Å². The summed E-state index contributed by atoms with van der Waals surface area (Å²) in [5, 5.41) is 3.76. The van der Waals surface area contributed by atoms with Crippen LogP contribution in [-0.2, 0) is 0 Å². The molecule has 4 nitrogen and oxygen atoms in total. The molecule has 1 aromatic carbocycles. The monoisotopic (exact) mass is 359 g/mol. The van der Waals surface area contributed by atoms with Gasteiger partial charge in [-0.25, -0.2) is 9.37 Å². The maximum absolute atomic E-state index is 13.9. The lowest BCUT2D eigenvalue weighted by atomic mass is 9.67. The van der Waals surface area contributed by atoms with Gasteiger partial charge in [-0.15, -0.1) is 11.3 Å². The molecule has 2 bridgehead atoms. The number of carbonyl (C=O) groups is 1. The molecule has 2 atom stereocenters. The van der Waals surface area contributed by atoms with Crippen LogP contribution in [0.5, 0.6) is 0 Å². The molecule has 1 heterocycles. The van der Waals surface area contributed by atoms with Gasteiger partial charge in [-0.05, 0) is 49.7 Å². The molecule has 0 radical (unpaired) electrons. The van der Waals surface area contributed by atoms with Gasteiger partial charge in [-0.3, -0.25) is 4.79 Å². The number of amides is 1. The van der Waals surface area contributed by atoms with E-state index >= 15 is 0 Å². The quantitative estimate of drug-likeness (QED) is 0.880. The molecule has 2 aliphatic carbocycles. The molecular weight excluding hydrogens is 337 g/mol. The zero-order valence-electron chi connectivity index (χ0n) is 14.0. The summed E-state index contributed by atoms with van der Waals surface area (Å²) in [7, 11) is 0. The van der Waals surface area contributed by atoms with Crippen molar-refractivity contribution in [2.75, 3.05) is 0 Å². The molecule has 2 saturated carbocycles. The van der Waals surface area contributed by atoms with Crippen LogP contribution >= 0.6 is 11.3 Å². The van der Waals surface area contributed by atoms with Gasteiger partial charge in [0.1, 0.15) is 15.7 Å². The molecule has 4 rings (SSSR count). The molecule has 2 aliphatic rings. The number of nitrogens with two attached hydrogens (primary N) is 1. The van der Waals surface area contributed by atoms with Crippen molar-refractivity contribution in [2.45, 2.75) is 44.2 Å². The van der Waals surface area contributed by atoms with Crippen LogP contribution in [0.1, 0.15) is 41.8 Å². The molecule has 0 saturated heterocycles. The smallest absolute Gasteiger partial charge is 0.263 e. The Hall–Kier alpha value is -1.79. The van der Waals surface area contributed by atoms with Crippen LogP contribution in [0, 0.1) is 17.7 Å². The van der Waals surface area contributed by atoms with Crippen molar-refractivity contribution in [1.29, 1.82) is 0 Å². The van der Waals surface area contributed by atoms with E-state index in [9.17, 15) is 9.18 Å². The second-order valence-corrected chi connectivity index (χ2v) is 8.22. The predicted octanol–water partition coefficient (Wildman–Crippen LogP) is 3.59. The Morgan fingerprint density at radius 2 is 1.96 bits per heavy atom. The topological polar surface area (TPSA) is 68.0 Å². The lowest BCUT2D eigenvalue weighted by Gasteiger charge is -2.45. The largest absolute Gasteiger partial charge is 0.348 e. The minimum atomic E-state index is -0.320. The normalized spacial score (nSPS) is 28.6. The minimum absolute atomic E-state index is 0.0996. The molecule has 2 fully saturated rings. The van der Waals surface area contributed by atoms with Crippen molar-refractivity contribution in [1.82, 2.24) is 10.3 Å². The van der Waals surface area contributed by atoms with Crippen molar-refractivity contribution in [3.8, 4) is 10.6 Å². The highest BCUT2D eigenvalue weighted by atomic mass is 32.1. The number of fused-ring (bicyclic) bond motifs is 2. The minimum Gasteiger partial charge on any atom is -0.348 e.